The van der Waals surface area contributed by atoms with Crippen molar-refractivity contribution >= 4 is 12.6 Å². The molecular formula is C6H15NOS. The maximum absolute atomic E-state index is 8.67. The number of hydrogen-bond donors (Lipinski definition) is 2. The molecule has 0 saturated carbocycles. The van der Waals surface area contributed by atoms with Crippen LogP contribution in [0.4, 0.5) is 0 Å². The molecule has 3 heteroatoms. The Hall–Kier alpha value is 0.270. The molecule has 0 fully saturated rings. The lowest BCUT2D eigenvalue weighted by molar-refractivity contribution is 0.165. The Kier molecular flexibility index (Phi) is 5.24. The van der Waals surface area contributed by atoms with Crippen LogP contribution in [0.5, 0.6) is 0 Å². The topological polar surface area (TPSA) is 23.5 Å². The molecule has 0 rings (SSSR count). The number of aliphatic hydroxyl groups excluding tert-OH is 1. The van der Waals surface area contributed by atoms with E-state index in [1.165, 1.54) is 0 Å². The van der Waals surface area contributed by atoms with E-state index in [-0.39, 0.29) is 12.6 Å². The summed E-state index contributed by atoms with van der Waals surface area (Å²) in [4.78, 5) is 2.08. The number of likely N-dealkylation sites (N-methyl/N-ethyl adjacent to an activating group) is 1. The molecule has 56 valence electrons. The third kappa shape index (κ3) is 3.78. The van der Waals surface area contributed by atoms with Gasteiger partial charge in [-0.1, -0.05) is 0 Å². The van der Waals surface area contributed by atoms with Gasteiger partial charge in [-0.05, 0) is 14.0 Å². The number of aliphatic hydroxyl groups is 1. The Morgan fingerprint density at radius 2 is 2.22 bits per heavy atom. The molecule has 0 aromatic rings. The third-order valence-electron chi connectivity index (χ3n) is 1.47. The predicted octanol–water partition coefficient (Wildman–Crippen LogP) is 0.229. The molecule has 1 N–H and O–H groups in total. The summed E-state index contributed by atoms with van der Waals surface area (Å²) in [5.41, 5.74) is 0. The zero-order chi connectivity index (χ0) is 7.28. The van der Waals surface area contributed by atoms with Crippen molar-refractivity contribution in [3.63, 3.8) is 0 Å². The summed E-state index contributed by atoms with van der Waals surface area (Å²) in [5.74, 6) is 0.848. The number of hydrogen-bond acceptors (Lipinski definition) is 3. The van der Waals surface area contributed by atoms with E-state index in [0.29, 0.717) is 0 Å². The highest BCUT2D eigenvalue weighted by Gasteiger charge is 2.04. The van der Waals surface area contributed by atoms with Crippen molar-refractivity contribution in [2.75, 3.05) is 26.0 Å². The Bertz CT molecular complexity index is 70.1. The minimum absolute atomic E-state index is 0.226. The molecule has 0 saturated heterocycles. The van der Waals surface area contributed by atoms with Crippen molar-refractivity contribution in [3.8, 4) is 0 Å². The minimum atomic E-state index is 0.226. The van der Waals surface area contributed by atoms with Crippen molar-refractivity contribution in [1.82, 2.24) is 4.90 Å². The van der Waals surface area contributed by atoms with Crippen molar-refractivity contribution in [1.29, 1.82) is 0 Å². The lowest BCUT2D eigenvalue weighted by Gasteiger charge is -2.21. The summed E-state index contributed by atoms with van der Waals surface area (Å²) in [6.07, 6.45) is 0. The molecule has 0 bridgehead atoms. The Morgan fingerprint density at radius 1 is 1.67 bits per heavy atom. The molecule has 0 aliphatic heterocycles. The standard InChI is InChI=1S/C6H15NOS/c1-6(5-8)7(2)3-4-9/h6,8-9H,3-5H2,1-2H3. The third-order valence-corrected chi connectivity index (χ3v) is 1.67. The summed E-state index contributed by atoms with van der Waals surface area (Å²) >= 11 is 4.07. The molecular weight excluding hydrogens is 134 g/mol. The van der Waals surface area contributed by atoms with Crippen molar-refractivity contribution in [2.24, 2.45) is 0 Å². The summed E-state index contributed by atoms with van der Waals surface area (Å²) < 4.78 is 0. The van der Waals surface area contributed by atoms with Gasteiger partial charge in [-0.25, -0.2) is 0 Å². The average Bonchev–Trinajstić information content (AvgIpc) is 1.87. The molecule has 0 aliphatic rings. The number of rotatable bonds is 4. The van der Waals surface area contributed by atoms with Crippen LogP contribution in [0.15, 0.2) is 0 Å². The Labute approximate surface area is 62.3 Å². The lowest BCUT2D eigenvalue weighted by Crippen LogP contribution is -2.33. The normalized spacial score (nSPS) is 14.3. The largest absolute Gasteiger partial charge is 0.395 e. The van der Waals surface area contributed by atoms with Gasteiger partial charge in [0, 0.05) is 18.3 Å². The first-order chi connectivity index (χ1) is 4.22. The van der Waals surface area contributed by atoms with Crippen LogP contribution < -0.4 is 0 Å². The van der Waals surface area contributed by atoms with E-state index in [9.17, 15) is 0 Å². The Morgan fingerprint density at radius 3 is 2.56 bits per heavy atom. The first-order valence-corrected chi connectivity index (χ1v) is 3.77. The van der Waals surface area contributed by atoms with Crippen molar-refractivity contribution < 1.29 is 5.11 Å². The van der Waals surface area contributed by atoms with Gasteiger partial charge in [0.15, 0.2) is 0 Å². The minimum Gasteiger partial charge on any atom is -0.395 e. The van der Waals surface area contributed by atoms with E-state index in [0.717, 1.165) is 12.3 Å². The molecule has 1 unspecified atom stereocenters. The zero-order valence-electron chi connectivity index (χ0n) is 6.04. The second-order valence-electron chi connectivity index (χ2n) is 2.24. The molecule has 0 amide bonds. The quantitative estimate of drug-likeness (QED) is 0.559. The lowest BCUT2D eigenvalue weighted by atomic mass is 10.3. The van der Waals surface area contributed by atoms with E-state index in [1.807, 2.05) is 14.0 Å². The van der Waals surface area contributed by atoms with E-state index in [2.05, 4.69) is 17.5 Å². The van der Waals surface area contributed by atoms with Crippen LogP contribution in [0.1, 0.15) is 6.92 Å². The molecule has 0 radical (unpaired) electrons. The van der Waals surface area contributed by atoms with Crippen LogP contribution in [-0.2, 0) is 0 Å². The zero-order valence-corrected chi connectivity index (χ0v) is 6.93. The summed E-state index contributed by atoms with van der Waals surface area (Å²) in [5, 5.41) is 8.67. The molecule has 1 atom stereocenters. The first kappa shape index (κ1) is 9.27. The van der Waals surface area contributed by atoms with Gasteiger partial charge in [0.05, 0.1) is 6.61 Å². The SMILES string of the molecule is CC(CO)N(C)CCS. The van der Waals surface area contributed by atoms with E-state index >= 15 is 0 Å². The average molecular weight is 149 g/mol. The highest BCUT2D eigenvalue weighted by Crippen LogP contribution is 1.92. The smallest absolute Gasteiger partial charge is 0.0584 e. The summed E-state index contributed by atoms with van der Waals surface area (Å²) in [7, 11) is 1.98. The highest BCUT2D eigenvalue weighted by atomic mass is 32.1. The molecule has 0 aliphatic carbocycles. The monoisotopic (exact) mass is 149 g/mol. The number of thiol groups is 1. The second-order valence-corrected chi connectivity index (χ2v) is 2.68. The van der Waals surface area contributed by atoms with Gasteiger partial charge in [0.25, 0.3) is 0 Å². The van der Waals surface area contributed by atoms with Gasteiger partial charge in [0.1, 0.15) is 0 Å². The van der Waals surface area contributed by atoms with Gasteiger partial charge < -0.3 is 10.0 Å². The summed E-state index contributed by atoms with van der Waals surface area (Å²) in [6.45, 7) is 3.15. The van der Waals surface area contributed by atoms with Crippen LogP contribution in [0.3, 0.4) is 0 Å². The van der Waals surface area contributed by atoms with Gasteiger partial charge in [-0.3, -0.25) is 0 Å². The fraction of sp³-hybridized carbons (Fsp3) is 1.00. The summed E-state index contributed by atoms with van der Waals surface area (Å²) in [6, 6.07) is 0.261. The molecule has 9 heavy (non-hydrogen) atoms. The predicted molar refractivity (Wildman–Crippen MR) is 43.0 cm³/mol. The maximum Gasteiger partial charge on any atom is 0.0584 e. The maximum atomic E-state index is 8.67. The molecule has 0 spiro atoms. The first-order valence-electron chi connectivity index (χ1n) is 3.14. The van der Waals surface area contributed by atoms with E-state index in [4.69, 9.17) is 5.11 Å². The van der Waals surface area contributed by atoms with Crippen LogP contribution >= 0.6 is 12.6 Å². The van der Waals surface area contributed by atoms with Crippen LogP contribution in [0.2, 0.25) is 0 Å². The van der Waals surface area contributed by atoms with Crippen LogP contribution in [-0.4, -0.2) is 42.0 Å². The number of nitrogens with zero attached hydrogens (tertiary/aromatic N) is 1. The molecule has 0 heterocycles. The Balaban J connectivity index is 3.32. The van der Waals surface area contributed by atoms with Gasteiger partial charge in [-0.2, -0.15) is 12.6 Å². The molecule has 0 aromatic carbocycles. The van der Waals surface area contributed by atoms with Gasteiger partial charge >= 0.3 is 0 Å². The fourth-order valence-corrected chi connectivity index (χ4v) is 0.833. The fourth-order valence-electron chi connectivity index (χ4n) is 0.518. The highest BCUT2D eigenvalue weighted by molar-refractivity contribution is 7.80. The van der Waals surface area contributed by atoms with E-state index in [1.54, 1.807) is 0 Å². The van der Waals surface area contributed by atoms with Gasteiger partial charge in [-0.15, -0.1) is 0 Å². The van der Waals surface area contributed by atoms with Gasteiger partial charge in [0.2, 0.25) is 0 Å². The van der Waals surface area contributed by atoms with Crippen molar-refractivity contribution in [3.05, 3.63) is 0 Å². The molecule has 2 nitrogen and oxygen atoms in total. The van der Waals surface area contributed by atoms with Crippen LogP contribution in [0.25, 0.3) is 0 Å². The van der Waals surface area contributed by atoms with Crippen molar-refractivity contribution in [2.45, 2.75) is 13.0 Å². The van der Waals surface area contributed by atoms with E-state index < -0.39 is 0 Å². The molecule has 0 aromatic heterocycles. The second kappa shape index (κ2) is 5.09. The van der Waals surface area contributed by atoms with Crippen LogP contribution in [0, 0.1) is 0 Å².